The molecule has 0 atom stereocenters. The van der Waals surface area contributed by atoms with Crippen molar-refractivity contribution in [3.8, 4) is 0 Å². The summed E-state index contributed by atoms with van der Waals surface area (Å²) in [5, 5.41) is 0. The van der Waals surface area contributed by atoms with E-state index in [4.69, 9.17) is 0 Å². The van der Waals surface area contributed by atoms with E-state index < -0.39 is 0 Å². The first kappa shape index (κ1) is 11.1. The summed E-state index contributed by atoms with van der Waals surface area (Å²) in [6.45, 7) is 0. The molecule has 1 heterocycles. The zero-order chi connectivity index (χ0) is 12.4. The number of fused-ring (bicyclic) bond motifs is 1. The van der Waals surface area contributed by atoms with Crippen LogP contribution < -0.4 is 0 Å². The molecule has 2 nitrogen and oxygen atoms in total. The standard InChI is InChI=1S/C16H15NO/c18-16(15-6-1-2-9-17-15)11-12-7-8-13-4-3-5-14(13)10-12/h1-2,6-10H,3-5,11H2. The molecule has 1 aromatic carbocycles. The second kappa shape index (κ2) is 4.73. The van der Waals surface area contributed by atoms with Crippen molar-refractivity contribution in [2.24, 2.45) is 0 Å². The highest BCUT2D eigenvalue weighted by atomic mass is 16.1. The van der Waals surface area contributed by atoms with E-state index in [9.17, 15) is 4.79 Å². The van der Waals surface area contributed by atoms with Gasteiger partial charge in [0.05, 0.1) is 0 Å². The Morgan fingerprint density at radius 3 is 2.83 bits per heavy atom. The highest BCUT2D eigenvalue weighted by molar-refractivity contribution is 5.95. The molecule has 0 saturated heterocycles. The molecule has 3 rings (SSSR count). The van der Waals surface area contributed by atoms with Crippen molar-refractivity contribution >= 4 is 5.78 Å². The van der Waals surface area contributed by atoms with Gasteiger partial charge in [0.2, 0.25) is 0 Å². The predicted octanol–water partition coefficient (Wildman–Crippen LogP) is 3.00. The molecule has 0 aliphatic heterocycles. The largest absolute Gasteiger partial charge is 0.292 e. The number of Topliss-reactive ketones (excluding diaryl/α,β-unsaturated/α-hetero) is 1. The quantitative estimate of drug-likeness (QED) is 0.768. The molecule has 90 valence electrons. The minimum atomic E-state index is 0.0912. The number of ketones is 1. The Hall–Kier alpha value is -1.96. The molecule has 0 unspecified atom stereocenters. The molecule has 0 N–H and O–H groups in total. The third kappa shape index (κ3) is 2.19. The minimum Gasteiger partial charge on any atom is -0.292 e. The van der Waals surface area contributed by atoms with E-state index in [-0.39, 0.29) is 5.78 Å². The highest BCUT2D eigenvalue weighted by Crippen LogP contribution is 2.23. The molecule has 0 fully saturated rings. The fourth-order valence-corrected chi connectivity index (χ4v) is 2.54. The highest BCUT2D eigenvalue weighted by Gasteiger charge is 2.13. The molecule has 0 saturated carbocycles. The first-order chi connectivity index (χ1) is 8.83. The van der Waals surface area contributed by atoms with Gasteiger partial charge < -0.3 is 0 Å². The second-order valence-electron chi connectivity index (χ2n) is 4.77. The van der Waals surface area contributed by atoms with Crippen LogP contribution in [0.4, 0.5) is 0 Å². The van der Waals surface area contributed by atoms with Crippen LogP contribution in [0.5, 0.6) is 0 Å². The van der Waals surface area contributed by atoms with Gasteiger partial charge >= 0.3 is 0 Å². The van der Waals surface area contributed by atoms with Crippen molar-refractivity contribution in [3.63, 3.8) is 0 Å². The zero-order valence-corrected chi connectivity index (χ0v) is 10.2. The molecule has 0 bridgehead atoms. The average molecular weight is 237 g/mol. The van der Waals surface area contributed by atoms with Gasteiger partial charge in [0.25, 0.3) is 0 Å². The maximum atomic E-state index is 12.1. The normalized spacial score (nSPS) is 13.3. The zero-order valence-electron chi connectivity index (χ0n) is 10.2. The average Bonchev–Trinajstić information content (AvgIpc) is 2.87. The maximum Gasteiger partial charge on any atom is 0.185 e. The number of carbonyl (C=O) groups excluding carboxylic acids is 1. The van der Waals surface area contributed by atoms with Crippen molar-refractivity contribution in [1.82, 2.24) is 4.98 Å². The van der Waals surface area contributed by atoms with Gasteiger partial charge in [-0.25, -0.2) is 0 Å². The smallest absolute Gasteiger partial charge is 0.185 e. The number of pyridine rings is 1. The van der Waals surface area contributed by atoms with Crippen LogP contribution in [0.3, 0.4) is 0 Å². The number of aromatic nitrogens is 1. The lowest BCUT2D eigenvalue weighted by Gasteiger charge is -2.04. The Morgan fingerprint density at radius 1 is 1.11 bits per heavy atom. The van der Waals surface area contributed by atoms with E-state index in [2.05, 4.69) is 23.2 Å². The number of nitrogens with zero attached hydrogens (tertiary/aromatic N) is 1. The Labute approximate surface area is 107 Å². The third-order valence-electron chi connectivity index (χ3n) is 3.48. The van der Waals surface area contributed by atoms with Crippen molar-refractivity contribution in [1.29, 1.82) is 0 Å². The predicted molar refractivity (Wildman–Crippen MR) is 70.7 cm³/mol. The van der Waals surface area contributed by atoms with E-state index in [0.717, 1.165) is 12.0 Å². The molecule has 0 spiro atoms. The van der Waals surface area contributed by atoms with E-state index in [1.807, 2.05) is 12.1 Å². The van der Waals surface area contributed by atoms with Crippen LogP contribution in [0.1, 0.15) is 33.6 Å². The summed E-state index contributed by atoms with van der Waals surface area (Å²) in [4.78, 5) is 16.1. The Morgan fingerprint density at radius 2 is 2.00 bits per heavy atom. The maximum absolute atomic E-state index is 12.1. The lowest BCUT2D eigenvalue weighted by Crippen LogP contribution is -2.05. The van der Waals surface area contributed by atoms with Crippen molar-refractivity contribution < 1.29 is 4.79 Å². The molecule has 0 amide bonds. The van der Waals surface area contributed by atoms with E-state index in [1.54, 1.807) is 12.3 Å². The second-order valence-corrected chi connectivity index (χ2v) is 4.77. The van der Waals surface area contributed by atoms with Gasteiger partial charge in [-0.15, -0.1) is 0 Å². The Balaban J connectivity index is 1.79. The van der Waals surface area contributed by atoms with Crippen LogP contribution in [0, 0.1) is 0 Å². The number of rotatable bonds is 3. The minimum absolute atomic E-state index is 0.0912. The summed E-state index contributed by atoms with van der Waals surface area (Å²) in [5.74, 6) is 0.0912. The van der Waals surface area contributed by atoms with Gasteiger partial charge in [0.1, 0.15) is 5.69 Å². The summed E-state index contributed by atoms with van der Waals surface area (Å²) >= 11 is 0. The topological polar surface area (TPSA) is 30.0 Å². The summed E-state index contributed by atoms with van der Waals surface area (Å²) in [7, 11) is 0. The summed E-state index contributed by atoms with van der Waals surface area (Å²) in [6, 6.07) is 11.9. The van der Waals surface area contributed by atoms with Crippen molar-refractivity contribution in [2.45, 2.75) is 25.7 Å². The van der Waals surface area contributed by atoms with Gasteiger partial charge in [-0.2, -0.15) is 0 Å². The van der Waals surface area contributed by atoms with Crippen LogP contribution in [-0.4, -0.2) is 10.8 Å². The number of benzene rings is 1. The van der Waals surface area contributed by atoms with Crippen LogP contribution >= 0.6 is 0 Å². The summed E-state index contributed by atoms with van der Waals surface area (Å²) in [5.41, 5.74) is 4.52. The molecule has 0 radical (unpaired) electrons. The molecule has 1 aliphatic carbocycles. The molecule has 1 aromatic heterocycles. The van der Waals surface area contributed by atoms with Gasteiger partial charge in [-0.05, 0) is 48.1 Å². The van der Waals surface area contributed by atoms with Crippen LogP contribution in [0.25, 0.3) is 0 Å². The number of hydrogen-bond acceptors (Lipinski definition) is 2. The first-order valence-electron chi connectivity index (χ1n) is 6.38. The van der Waals surface area contributed by atoms with Gasteiger partial charge in [-0.3, -0.25) is 9.78 Å². The monoisotopic (exact) mass is 237 g/mol. The van der Waals surface area contributed by atoms with E-state index >= 15 is 0 Å². The SMILES string of the molecule is O=C(Cc1ccc2c(c1)CCC2)c1ccccn1. The molecule has 2 aromatic rings. The summed E-state index contributed by atoms with van der Waals surface area (Å²) in [6.07, 6.45) is 5.69. The van der Waals surface area contributed by atoms with Crippen LogP contribution in [-0.2, 0) is 19.3 Å². The summed E-state index contributed by atoms with van der Waals surface area (Å²) < 4.78 is 0. The van der Waals surface area contributed by atoms with Crippen molar-refractivity contribution in [3.05, 3.63) is 65.0 Å². The molecular weight excluding hydrogens is 222 g/mol. The van der Waals surface area contributed by atoms with Gasteiger partial charge in [-0.1, -0.05) is 24.3 Å². The Bertz CT molecular complexity index is 575. The first-order valence-corrected chi connectivity index (χ1v) is 6.38. The van der Waals surface area contributed by atoms with Crippen molar-refractivity contribution in [2.75, 3.05) is 0 Å². The number of aryl methyl sites for hydroxylation is 2. The third-order valence-corrected chi connectivity index (χ3v) is 3.48. The van der Waals surface area contributed by atoms with Gasteiger partial charge in [0, 0.05) is 12.6 Å². The fourth-order valence-electron chi connectivity index (χ4n) is 2.54. The molecule has 18 heavy (non-hydrogen) atoms. The van der Waals surface area contributed by atoms with E-state index in [1.165, 1.54) is 24.0 Å². The molecule has 1 aliphatic rings. The van der Waals surface area contributed by atoms with Crippen LogP contribution in [0.15, 0.2) is 42.6 Å². The number of carbonyl (C=O) groups is 1. The number of hydrogen-bond donors (Lipinski definition) is 0. The molecule has 2 heteroatoms. The lowest BCUT2D eigenvalue weighted by molar-refractivity contribution is 0.0988. The fraction of sp³-hybridized carbons (Fsp3) is 0.250. The van der Waals surface area contributed by atoms with Crippen LogP contribution in [0.2, 0.25) is 0 Å². The van der Waals surface area contributed by atoms with Gasteiger partial charge in [0.15, 0.2) is 5.78 Å². The lowest BCUT2D eigenvalue weighted by atomic mass is 10.0. The Kier molecular flexibility index (Phi) is 2.93. The molecular formula is C16H15NO. The van der Waals surface area contributed by atoms with E-state index in [0.29, 0.717) is 12.1 Å².